The molecule has 2 heterocycles. The Balaban J connectivity index is 1.95. The first kappa shape index (κ1) is 12.3. The molecule has 0 bridgehead atoms. The molecule has 1 aliphatic rings. The van der Waals surface area contributed by atoms with Gasteiger partial charge in [0.15, 0.2) is 0 Å². The number of methoxy groups -OCH3 is 1. The molecule has 0 amide bonds. The molecule has 0 saturated carbocycles. The SMILES string of the molecule is CCCN(Cc1ccc(OC)nn1)C1CNC1. The first-order valence-corrected chi connectivity index (χ1v) is 6.15. The number of ether oxygens (including phenoxy) is 1. The summed E-state index contributed by atoms with van der Waals surface area (Å²) in [5.41, 5.74) is 1.01. The Morgan fingerprint density at radius 1 is 1.41 bits per heavy atom. The summed E-state index contributed by atoms with van der Waals surface area (Å²) in [6.07, 6.45) is 1.17. The third-order valence-corrected chi connectivity index (χ3v) is 3.06. The van der Waals surface area contributed by atoms with Crippen molar-refractivity contribution >= 4 is 0 Å². The van der Waals surface area contributed by atoms with Gasteiger partial charge in [-0.1, -0.05) is 6.92 Å². The average Bonchev–Trinajstić information content (AvgIpc) is 2.28. The quantitative estimate of drug-likeness (QED) is 0.786. The summed E-state index contributed by atoms with van der Waals surface area (Å²) in [7, 11) is 1.60. The van der Waals surface area contributed by atoms with Gasteiger partial charge in [-0.2, -0.15) is 5.10 Å². The third-order valence-electron chi connectivity index (χ3n) is 3.06. The summed E-state index contributed by atoms with van der Waals surface area (Å²) in [5, 5.41) is 11.5. The topological polar surface area (TPSA) is 50.3 Å². The van der Waals surface area contributed by atoms with E-state index in [1.54, 1.807) is 7.11 Å². The van der Waals surface area contributed by atoms with Gasteiger partial charge >= 0.3 is 0 Å². The van der Waals surface area contributed by atoms with Gasteiger partial charge in [0.1, 0.15) is 0 Å². The van der Waals surface area contributed by atoms with Gasteiger partial charge in [-0.15, -0.1) is 5.10 Å². The van der Waals surface area contributed by atoms with Crippen LogP contribution >= 0.6 is 0 Å². The van der Waals surface area contributed by atoms with Crippen molar-refractivity contribution in [2.24, 2.45) is 0 Å². The zero-order chi connectivity index (χ0) is 12.1. The van der Waals surface area contributed by atoms with Gasteiger partial charge in [-0.25, -0.2) is 0 Å². The van der Waals surface area contributed by atoms with E-state index in [0.29, 0.717) is 11.9 Å². The first-order valence-electron chi connectivity index (χ1n) is 6.15. The Kier molecular flexibility index (Phi) is 4.28. The molecule has 1 saturated heterocycles. The number of hydrogen-bond donors (Lipinski definition) is 1. The van der Waals surface area contributed by atoms with Crippen LogP contribution in [0.3, 0.4) is 0 Å². The van der Waals surface area contributed by atoms with E-state index in [4.69, 9.17) is 4.74 Å². The molecule has 0 spiro atoms. The maximum atomic E-state index is 5.00. The lowest BCUT2D eigenvalue weighted by molar-refractivity contribution is 0.135. The minimum atomic E-state index is 0.570. The van der Waals surface area contributed by atoms with Crippen LogP contribution in [-0.2, 0) is 6.54 Å². The van der Waals surface area contributed by atoms with Gasteiger partial charge < -0.3 is 10.1 Å². The molecule has 0 radical (unpaired) electrons. The number of hydrogen-bond acceptors (Lipinski definition) is 5. The summed E-state index contributed by atoms with van der Waals surface area (Å²) < 4.78 is 5.00. The summed E-state index contributed by atoms with van der Waals surface area (Å²) in [4.78, 5) is 2.47. The van der Waals surface area contributed by atoms with E-state index < -0.39 is 0 Å². The van der Waals surface area contributed by atoms with Crippen molar-refractivity contribution in [2.45, 2.75) is 25.9 Å². The zero-order valence-corrected chi connectivity index (χ0v) is 10.5. The Bertz CT molecular complexity index is 337. The van der Waals surface area contributed by atoms with Gasteiger partial charge in [0.25, 0.3) is 0 Å². The van der Waals surface area contributed by atoms with Crippen molar-refractivity contribution in [2.75, 3.05) is 26.7 Å². The van der Waals surface area contributed by atoms with Crippen molar-refractivity contribution < 1.29 is 4.74 Å². The van der Waals surface area contributed by atoms with Crippen LogP contribution in [0.5, 0.6) is 5.88 Å². The highest BCUT2D eigenvalue weighted by Crippen LogP contribution is 2.11. The Morgan fingerprint density at radius 3 is 2.71 bits per heavy atom. The van der Waals surface area contributed by atoms with E-state index in [-0.39, 0.29) is 0 Å². The number of aromatic nitrogens is 2. The molecule has 17 heavy (non-hydrogen) atoms. The number of nitrogens with zero attached hydrogens (tertiary/aromatic N) is 3. The molecule has 1 fully saturated rings. The van der Waals surface area contributed by atoms with Crippen molar-refractivity contribution in [1.29, 1.82) is 0 Å². The molecule has 1 aromatic heterocycles. The average molecular weight is 236 g/mol. The molecular formula is C12H20N4O. The zero-order valence-electron chi connectivity index (χ0n) is 10.5. The van der Waals surface area contributed by atoms with Gasteiger partial charge in [0.05, 0.1) is 12.8 Å². The van der Waals surface area contributed by atoms with Gasteiger partial charge in [-0.3, -0.25) is 4.90 Å². The molecular weight excluding hydrogens is 216 g/mol. The standard InChI is InChI=1S/C12H20N4O/c1-3-6-16(11-7-13-8-11)9-10-4-5-12(17-2)15-14-10/h4-5,11,13H,3,6-9H2,1-2H3. The largest absolute Gasteiger partial charge is 0.480 e. The van der Waals surface area contributed by atoms with Crippen LogP contribution in [-0.4, -0.2) is 47.9 Å². The fourth-order valence-electron chi connectivity index (χ4n) is 1.96. The van der Waals surface area contributed by atoms with Gasteiger partial charge in [-0.05, 0) is 19.0 Å². The summed E-state index contributed by atoms with van der Waals surface area (Å²) in [6.45, 7) is 6.36. The Hall–Kier alpha value is -1.20. The van der Waals surface area contributed by atoms with Crippen molar-refractivity contribution in [1.82, 2.24) is 20.4 Å². The molecule has 2 rings (SSSR count). The fourth-order valence-corrected chi connectivity index (χ4v) is 1.96. The second kappa shape index (κ2) is 5.93. The van der Waals surface area contributed by atoms with E-state index >= 15 is 0 Å². The molecule has 1 aromatic rings. The number of nitrogens with one attached hydrogen (secondary N) is 1. The highest BCUT2D eigenvalue weighted by atomic mass is 16.5. The van der Waals surface area contributed by atoms with Crippen molar-refractivity contribution in [3.05, 3.63) is 17.8 Å². The molecule has 94 valence electrons. The van der Waals surface area contributed by atoms with Crippen molar-refractivity contribution in [3.63, 3.8) is 0 Å². The van der Waals surface area contributed by atoms with E-state index in [1.807, 2.05) is 12.1 Å². The van der Waals surface area contributed by atoms with Crippen LogP contribution in [0.1, 0.15) is 19.0 Å². The molecule has 0 unspecified atom stereocenters. The fraction of sp³-hybridized carbons (Fsp3) is 0.667. The Labute approximate surface area is 102 Å². The lowest BCUT2D eigenvalue weighted by Gasteiger charge is -2.37. The van der Waals surface area contributed by atoms with Crippen LogP contribution in [0.25, 0.3) is 0 Å². The molecule has 1 N–H and O–H groups in total. The molecule has 0 aliphatic carbocycles. The van der Waals surface area contributed by atoms with Crippen LogP contribution < -0.4 is 10.1 Å². The lowest BCUT2D eigenvalue weighted by Crippen LogP contribution is -2.57. The van der Waals surface area contributed by atoms with E-state index in [2.05, 4.69) is 27.3 Å². The molecule has 1 aliphatic heterocycles. The highest BCUT2D eigenvalue weighted by molar-refractivity contribution is 5.11. The van der Waals surface area contributed by atoms with Crippen LogP contribution in [0.15, 0.2) is 12.1 Å². The third kappa shape index (κ3) is 3.14. The van der Waals surface area contributed by atoms with Crippen LogP contribution in [0.4, 0.5) is 0 Å². The second-order valence-corrected chi connectivity index (χ2v) is 4.35. The van der Waals surface area contributed by atoms with Gasteiger partial charge in [0.2, 0.25) is 5.88 Å². The van der Waals surface area contributed by atoms with Crippen molar-refractivity contribution in [3.8, 4) is 5.88 Å². The smallest absolute Gasteiger partial charge is 0.233 e. The van der Waals surface area contributed by atoms with E-state index in [1.165, 1.54) is 6.42 Å². The lowest BCUT2D eigenvalue weighted by atomic mass is 10.1. The maximum Gasteiger partial charge on any atom is 0.233 e. The predicted molar refractivity (Wildman–Crippen MR) is 65.9 cm³/mol. The van der Waals surface area contributed by atoms with Crippen LogP contribution in [0.2, 0.25) is 0 Å². The monoisotopic (exact) mass is 236 g/mol. The predicted octanol–water partition coefficient (Wildman–Crippen LogP) is 0.669. The maximum absolute atomic E-state index is 5.00. The second-order valence-electron chi connectivity index (χ2n) is 4.35. The minimum Gasteiger partial charge on any atom is -0.480 e. The van der Waals surface area contributed by atoms with E-state index in [9.17, 15) is 0 Å². The summed E-state index contributed by atoms with van der Waals surface area (Å²) >= 11 is 0. The highest BCUT2D eigenvalue weighted by Gasteiger charge is 2.24. The molecule has 0 aromatic carbocycles. The summed E-state index contributed by atoms with van der Waals surface area (Å²) in [5.74, 6) is 0.570. The molecule has 5 nitrogen and oxygen atoms in total. The van der Waals surface area contributed by atoms with Gasteiger partial charge in [0, 0.05) is 31.7 Å². The Morgan fingerprint density at radius 2 is 2.24 bits per heavy atom. The van der Waals surface area contributed by atoms with E-state index in [0.717, 1.165) is 31.9 Å². The minimum absolute atomic E-state index is 0.570. The molecule has 0 atom stereocenters. The molecule has 5 heteroatoms. The summed E-state index contributed by atoms with van der Waals surface area (Å²) in [6, 6.07) is 4.50. The first-order chi connectivity index (χ1) is 8.33. The van der Waals surface area contributed by atoms with Crippen LogP contribution in [0, 0.1) is 0 Å². The normalized spacial score (nSPS) is 15.9. The number of rotatable bonds is 6.